The van der Waals surface area contributed by atoms with E-state index in [1.807, 2.05) is 0 Å². The predicted octanol–water partition coefficient (Wildman–Crippen LogP) is -0.487. The molecule has 1 saturated heterocycles. The Morgan fingerprint density at radius 1 is 1.56 bits per heavy atom. The summed E-state index contributed by atoms with van der Waals surface area (Å²) in [5, 5.41) is 0. The number of nitrogens with two attached hydrogens (primary N) is 1. The van der Waals surface area contributed by atoms with Gasteiger partial charge in [-0.3, -0.25) is 14.6 Å². The summed E-state index contributed by atoms with van der Waals surface area (Å²) in [5.74, 6) is -0.223. The lowest BCUT2D eigenvalue weighted by Gasteiger charge is -2.41. The SMILES string of the molecule is CCN1CCN(C(CN)C(=O)OC)CC1C. The minimum Gasteiger partial charge on any atom is -0.468 e. The summed E-state index contributed by atoms with van der Waals surface area (Å²) < 4.78 is 4.77. The summed E-state index contributed by atoms with van der Waals surface area (Å²) in [5.41, 5.74) is 5.64. The molecule has 94 valence electrons. The maximum absolute atomic E-state index is 11.5. The smallest absolute Gasteiger partial charge is 0.324 e. The molecule has 5 heteroatoms. The molecule has 5 nitrogen and oxygen atoms in total. The fourth-order valence-electron chi connectivity index (χ4n) is 2.31. The van der Waals surface area contributed by atoms with E-state index in [1.165, 1.54) is 7.11 Å². The topological polar surface area (TPSA) is 58.8 Å². The maximum atomic E-state index is 11.5. The van der Waals surface area contributed by atoms with Gasteiger partial charge in [0.1, 0.15) is 6.04 Å². The monoisotopic (exact) mass is 229 g/mol. The first-order valence-electron chi connectivity index (χ1n) is 5.90. The summed E-state index contributed by atoms with van der Waals surface area (Å²) in [6.07, 6.45) is 0. The third kappa shape index (κ3) is 2.93. The third-order valence-corrected chi connectivity index (χ3v) is 3.34. The van der Waals surface area contributed by atoms with Crippen LogP contribution in [-0.2, 0) is 9.53 Å². The number of nitrogens with zero attached hydrogens (tertiary/aromatic N) is 2. The van der Waals surface area contributed by atoms with Crippen molar-refractivity contribution in [3.8, 4) is 0 Å². The number of ether oxygens (including phenoxy) is 1. The van der Waals surface area contributed by atoms with Gasteiger partial charge in [-0.1, -0.05) is 6.92 Å². The van der Waals surface area contributed by atoms with Gasteiger partial charge < -0.3 is 10.5 Å². The molecule has 0 radical (unpaired) electrons. The second kappa shape index (κ2) is 6.18. The van der Waals surface area contributed by atoms with Crippen molar-refractivity contribution < 1.29 is 9.53 Å². The number of rotatable bonds is 4. The molecule has 1 fully saturated rings. The van der Waals surface area contributed by atoms with Crippen molar-refractivity contribution >= 4 is 5.97 Å². The molecule has 2 unspecified atom stereocenters. The zero-order valence-electron chi connectivity index (χ0n) is 10.5. The van der Waals surface area contributed by atoms with Crippen LogP contribution < -0.4 is 5.73 Å². The van der Waals surface area contributed by atoms with Gasteiger partial charge in [0, 0.05) is 32.2 Å². The zero-order chi connectivity index (χ0) is 12.1. The van der Waals surface area contributed by atoms with Crippen LogP contribution in [0.5, 0.6) is 0 Å². The van der Waals surface area contributed by atoms with E-state index in [0.717, 1.165) is 26.2 Å². The van der Waals surface area contributed by atoms with Gasteiger partial charge in [-0.15, -0.1) is 0 Å². The maximum Gasteiger partial charge on any atom is 0.324 e. The van der Waals surface area contributed by atoms with E-state index in [9.17, 15) is 4.79 Å². The number of hydrogen-bond acceptors (Lipinski definition) is 5. The van der Waals surface area contributed by atoms with E-state index in [1.54, 1.807) is 0 Å². The fourth-order valence-corrected chi connectivity index (χ4v) is 2.31. The highest BCUT2D eigenvalue weighted by Gasteiger charge is 2.31. The first-order valence-corrected chi connectivity index (χ1v) is 5.90. The lowest BCUT2D eigenvalue weighted by Crippen LogP contribution is -2.58. The van der Waals surface area contributed by atoms with Crippen LogP contribution in [-0.4, -0.2) is 67.7 Å². The Hall–Kier alpha value is -0.650. The van der Waals surface area contributed by atoms with Gasteiger partial charge in [0.15, 0.2) is 0 Å². The van der Waals surface area contributed by atoms with Crippen LogP contribution in [0.1, 0.15) is 13.8 Å². The molecule has 1 rings (SSSR count). The largest absolute Gasteiger partial charge is 0.468 e. The average Bonchev–Trinajstić information content (AvgIpc) is 2.30. The third-order valence-electron chi connectivity index (χ3n) is 3.34. The van der Waals surface area contributed by atoms with Crippen LogP contribution in [0.25, 0.3) is 0 Å². The van der Waals surface area contributed by atoms with Gasteiger partial charge in [0.2, 0.25) is 0 Å². The van der Waals surface area contributed by atoms with E-state index in [-0.39, 0.29) is 12.0 Å². The number of methoxy groups -OCH3 is 1. The van der Waals surface area contributed by atoms with Gasteiger partial charge in [-0.25, -0.2) is 0 Å². The summed E-state index contributed by atoms with van der Waals surface area (Å²) in [7, 11) is 1.41. The molecule has 0 aromatic rings. The number of hydrogen-bond donors (Lipinski definition) is 1. The molecule has 16 heavy (non-hydrogen) atoms. The van der Waals surface area contributed by atoms with E-state index < -0.39 is 0 Å². The molecule has 0 aromatic heterocycles. The predicted molar refractivity (Wildman–Crippen MR) is 63.1 cm³/mol. The number of piperazine rings is 1. The Balaban J connectivity index is 2.58. The summed E-state index contributed by atoms with van der Waals surface area (Å²) >= 11 is 0. The Labute approximate surface area is 97.5 Å². The highest BCUT2D eigenvalue weighted by molar-refractivity contribution is 5.75. The van der Waals surface area contributed by atoms with Crippen LogP contribution >= 0.6 is 0 Å². The second-order valence-electron chi connectivity index (χ2n) is 4.25. The molecule has 0 spiro atoms. The Morgan fingerprint density at radius 2 is 2.25 bits per heavy atom. The highest BCUT2D eigenvalue weighted by atomic mass is 16.5. The summed E-state index contributed by atoms with van der Waals surface area (Å²) in [6.45, 7) is 8.48. The zero-order valence-corrected chi connectivity index (χ0v) is 10.5. The first kappa shape index (κ1) is 13.4. The van der Waals surface area contributed by atoms with Gasteiger partial charge >= 0.3 is 5.97 Å². The lowest BCUT2D eigenvalue weighted by atomic mass is 10.1. The molecule has 0 amide bonds. The molecular formula is C11H23N3O2. The molecule has 0 bridgehead atoms. The van der Waals surface area contributed by atoms with Gasteiger partial charge in [0.05, 0.1) is 7.11 Å². The summed E-state index contributed by atoms with van der Waals surface area (Å²) in [6, 6.07) is 0.184. The molecule has 0 aromatic carbocycles. The number of carbonyl (C=O) groups excluding carboxylic acids is 1. The Kier molecular flexibility index (Phi) is 5.18. The van der Waals surface area contributed by atoms with Crippen molar-refractivity contribution in [2.75, 3.05) is 39.8 Å². The van der Waals surface area contributed by atoms with Crippen LogP contribution in [0, 0.1) is 0 Å². The molecular weight excluding hydrogens is 206 g/mol. The van der Waals surface area contributed by atoms with Crippen molar-refractivity contribution in [1.82, 2.24) is 9.80 Å². The number of carbonyl (C=O) groups is 1. The minimum atomic E-state index is -0.286. The fraction of sp³-hybridized carbons (Fsp3) is 0.909. The van der Waals surface area contributed by atoms with Gasteiger partial charge in [-0.2, -0.15) is 0 Å². The molecule has 1 heterocycles. The molecule has 2 atom stereocenters. The number of likely N-dealkylation sites (N-methyl/N-ethyl adjacent to an activating group) is 1. The first-order chi connectivity index (χ1) is 7.63. The molecule has 0 aliphatic carbocycles. The highest BCUT2D eigenvalue weighted by Crippen LogP contribution is 2.12. The average molecular weight is 229 g/mol. The molecule has 2 N–H and O–H groups in total. The Bertz CT molecular complexity index is 235. The quantitative estimate of drug-likeness (QED) is 0.659. The van der Waals surface area contributed by atoms with E-state index in [4.69, 9.17) is 10.5 Å². The van der Waals surface area contributed by atoms with Crippen LogP contribution in [0.3, 0.4) is 0 Å². The van der Waals surface area contributed by atoms with Crippen molar-refractivity contribution in [2.24, 2.45) is 5.73 Å². The van der Waals surface area contributed by atoms with Gasteiger partial charge in [-0.05, 0) is 13.5 Å². The van der Waals surface area contributed by atoms with Crippen LogP contribution in [0.15, 0.2) is 0 Å². The standard InChI is InChI=1S/C11H23N3O2/c1-4-13-5-6-14(8-9(13)2)10(7-12)11(15)16-3/h9-10H,4-8,12H2,1-3H3. The summed E-state index contributed by atoms with van der Waals surface area (Å²) in [4.78, 5) is 16.1. The van der Waals surface area contributed by atoms with Crippen molar-refractivity contribution in [2.45, 2.75) is 25.9 Å². The second-order valence-corrected chi connectivity index (χ2v) is 4.25. The van der Waals surface area contributed by atoms with E-state index in [0.29, 0.717) is 12.6 Å². The Morgan fingerprint density at radius 3 is 2.69 bits per heavy atom. The van der Waals surface area contributed by atoms with Crippen molar-refractivity contribution in [1.29, 1.82) is 0 Å². The molecule has 1 aliphatic rings. The van der Waals surface area contributed by atoms with Crippen molar-refractivity contribution in [3.05, 3.63) is 0 Å². The van der Waals surface area contributed by atoms with E-state index in [2.05, 4.69) is 23.6 Å². The lowest BCUT2D eigenvalue weighted by molar-refractivity contribution is -0.147. The molecule has 1 aliphatic heterocycles. The van der Waals surface area contributed by atoms with E-state index >= 15 is 0 Å². The van der Waals surface area contributed by atoms with Crippen LogP contribution in [0.4, 0.5) is 0 Å². The minimum absolute atomic E-state index is 0.223. The normalized spacial score (nSPS) is 25.4. The molecule has 0 saturated carbocycles. The van der Waals surface area contributed by atoms with Crippen LogP contribution in [0.2, 0.25) is 0 Å². The number of esters is 1. The van der Waals surface area contributed by atoms with Gasteiger partial charge in [0.25, 0.3) is 0 Å². The van der Waals surface area contributed by atoms with Crippen molar-refractivity contribution in [3.63, 3.8) is 0 Å².